The van der Waals surface area contributed by atoms with Crippen LogP contribution in [0.1, 0.15) is 50.1 Å². The lowest BCUT2D eigenvalue weighted by molar-refractivity contribution is -0.115. The number of hydrogen-bond acceptors (Lipinski definition) is 5. The average Bonchev–Trinajstić information content (AvgIpc) is 3.17. The molecule has 0 bridgehead atoms. The van der Waals surface area contributed by atoms with Gasteiger partial charge in [-0.3, -0.25) is 14.3 Å². The number of amides is 1. The molecule has 1 unspecified atom stereocenters. The fourth-order valence-corrected chi connectivity index (χ4v) is 3.82. The predicted molar refractivity (Wildman–Crippen MR) is 132 cm³/mol. The first kappa shape index (κ1) is 26.4. The zero-order valence-electron chi connectivity index (χ0n) is 20.3. The van der Waals surface area contributed by atoms with E-state index in [4.69, 9.17) is 5.73 Å². The molecule has 10 heteroatoms. The number of fused-ring (bicyclic) bond motifs is 1. The number of alkyl halides is 2. The maximum atomic E-state index is 14.1. The highest BCUT2D eigenvalue weighted by Crippen LogP contribution is 2.28. The van der Waals surface area contributed by atoms with E-state index >= 15 is 0 Å². The highest BCUT2D eigenvalue weighted by Gasteiger charge is 2.27. The van der Waals surface area contributed by atoms with E-state index < -0.39 is 17.9 Å². The molecular formula is C25H32F2N6O2. The van der Waals surface area contributed by atoms with E-state index in [0.717, 1.165) is 22.3 Å². The first-order valence-corrected chi connectivity index (χ1v) is 11.6. The summed E-state index contributed by atoms with van der Waals surface area (Å²) in [6.45, 7) is 3.30. The number of aliphatic hydroxyl groups excluding tert-OH is 1. The lowest BCUT2D eigenvalue weighted by Crippen LogP contribution is -2.23. The second-order valence-electron chi connectivity index (χ2n) is 8.74. The Kier molecular flexibility index (Phi) is 8.63. The van der Waals surface area contributed by atoms with Crippen LogP contribution in [-0.2, 0) is 17.6 Å². The first-order chi connectivity index (χ1) is 16.6. The van der Waals surface area contributed by atoms with Gasteiger partial charge in [-0.2, -0.15) is 4.99 Å². The standard InChI is InChI=1S/C25H32F2N6O2/c1-16(34)4-5-20-13-19-12-18(8-9-25(26,27)10-11-29-3)14-31-24(19)33(20)21-6-7-22(30-15-21)23(28)32-17(2)35/h6-7,12-16,29,34H,4-5,8-11H2,1-3H3,(H2,28,32,35). The van der Waals surface area contributed by atoms with Crippen molar-refractivity contribution >= 4 is 22.8 Å². The van der Waals surface area contributed by atoms with Crippen LogP contribution in [-0.4, -0.2) is 57.0 Å². The fourth-order valence-electron chi connectivity index (χ4n) is 3.82. The number of carbonyl (C=O) groups excluding carboxylic acids is 1. The summed E-state index contributed by atoms with van der Waals surface area (Å²) in [4.78, 5) is 23.8. The Bertz CT molecular complexity index is 1190. The third kappa shape index (κ3) is 7.12. The number of aryl methyl sites for hydroxylation is 2. The summed E-state index contributed by atoms with van der Waals surface area (Å²) in [6.07, 6.45) is 3.67. The van der Waals surface area contributed by atoms with E-state index in [1.54, 1.807) is 38.5 Å². The number of nitrogens with zero attached hydrogens (tertiary/aromatic N) is 4. The van der Waals surface area contributed by atoms with Crippen LogP contribution >= 0.6 is 0 Å². The van der Waals surface area contributed by atoms with Crippen molar-refractivity contribution < 1.29 is 18.7 Å². The minimum absolute atomic E-state index is 0.0324. The molecule has 0 spiro atoms. The molecule has 3 aromatic heterocycles. The molecule has 0 saturated heterocycles. The second-order valence-corrected chi connectivity index (χ2v) is 8.74. The number of carbonyl (C=O) groups is 1. The Hall–Kier alpha value is -3.24. The Morgan fingerprint density at radius 1 is 1.23 bits per heavy atom. The summed E-state index contributed by atoms with van der Waals surface area (Å²) in [6, 6.07) is 7.32. The molecule has 4 N–H and O–H groups in total. The van der Waals surface area contributed by atoms with Crippen molar-refractivity contribution in [2.45, 2.75) is 58.0 Å². The van der Waals surface area contributed by atoms with Crippen molar-refractivity contribution in [2.75, 3.05) is 13.6 Å². The van der Waals surface area contributed by atoms with Crippen LogP contribution < -0.4 is 11.1 Å². The molecule has 0 aliphatic carbocycles. The number of halogens is 2. The number of rotatable bonds is 11. The minimum Gasteiger partial charge on any atom is -0.393 e. The van der Waals surface area contributed by atoms with Gasteiger partial charge in [0.15, 0.2) is 5.84 Å². The predicted octanol–water partition coefficient (Wildman–Crippen LogP) is 3.16. The lowest BCUT2D eigenvalue weighted by atomic mass is 10.0. The van der Waals surface area contributed by atoms with Gasteiger partial charge < -0.3 is 16.2 Å². The van der Waals surface area contributed by atoms with Crippen LogP contribution in [0.4, 0.5) is 8.78 Å². The van der Waals surface area contributed by atoms with E-state index in [9.17, 15) is 18.7 Å². The molecule has 0 radical (unpaired) electrons. The van der Waals surface area contributed by atoms with Gasteiger partial charge in [-0.1, -0.05) is 0 Å². The Morgan fingerprint density at radius 2 is 2.00 bits per heavy atom. The summed E-state index contributed by atoms with van der Waals surface area (Å²) in [5, 5.41) is 13.4. The van der Waals surface area contributed by atoms with Gasteiger partial charge in [-0.15, -0.1) is 0 Å². The highest BCUT2D eigenvalue weighted by atomic mass is 19.3. The van der Waals surface area contributed by atoms with Crippen molar-refractivity contribution in [3.63, 3.8) is 0 Å². The number of nitrogens with one attached hydrogen (secondary N) is 1. The van der Waals surface area contributed by atoms with Gasteiger partial charge in [0, 0.05) is 43.6 Å². The number of hydrogen-bond donors (Lipinski definition) is 3. The van der Waals surface area contributed by atoms with Crippen LogP contribution in [0.15, 0.2) is 41.7 Å². The Balaban J connectivity index is 1.93. The summed E-state index contributed by atoms with van der Waals surface area (Å²) in [7, 11) is 1.66. The number of amidine groups is 1. The first-order valence-electron chi connectivity index (χ1n) is 11.6. The van der Waals surface area contributed by atoms with Gasteiger partial charge in [0.2, 0.25) is 11.8 Å². The lowest BCUT2D eigenvalue weighted by Gasteiger charge is -2.16. The van der Waals surface area contributed by atoms with Crippen LogP contribution in [0.2, 0.25) is 0 Å². The molecule has 188 valence electrons. The summed E-state index contributed by atoms with van der Waals surface area (Å²) in [5.74, 6) is -3.12. The minimum atomic E-state index is -2.74. The molecular weight excluding hydrogens is 454 g/mol. The smallest absolute Gasteiger partial charge is 0.249 e. The monoisotopic (exact) mass is 486 g/mol. The van der Waals surface area contributed by atoms with E-state index in [2.05, 4.69) is 20.3 Å². The molecule has 1 atom stereocenters. The number of aliphatic imine (C=N–C) groups is 1. The molecule has 35 heavy (non-hydrogen) atoms. The molecule has 0 aliphatic heterocycles. The van der Waals surface area contributed by atoms with Crippen molar-refractivity contribution in [3.8, 4) is 5.69 Å². The zero-order chi connectivity index (χ0) is 25.6. The molecule has 3 aromatic rings. The summed E-state index contributed by atoms with van der Waals surface area (Å²) >= 11 is 0. The van der Waals surface area contributed by atoms with Crippen LogP contribution in [0.25, 0.3) is 16.7 Å². The maximum absolute atomic E-state index is 14.1. The second kappa shape index (κ2) is 11.5. The highest BCUT2D eigenvalue weighted by molar-refractivity contribution is 6.02. The molecule has 0 saturated carbocycles. The van der Waals surface area contributed by atoms with Gasteiger partial charge in [-0.25, -0.2) is 13.8 Å². The van der Waals surface area contributed by atoms with Crippen LogP contribution in [0.3, 0.4) is 0 Å². The van der Waals surface area contributed by atoms with E-state index in [1.165, 1.54) is 6.92 Å². The Labute approximate surface area is 203 Å². The van der Waals surface area contributed by atoms with Crippen molar-refractivity contribution in [2.24, 2.45) is 10.7 Å². The van der Waals surface area contributed by atoms with Crippen molar-refractivity contribution in [1.82, 2.24) is 19.9 Å². The number of pyridine rings is 2. The molecule has 3 heterocycles. The molecule has 8 nitrogen and oxygen atoms in total. The number of aromatic nitrogens is 3. The zero-order valence-corrected chi connectivity index (χ0v) is 20.3. The van der Waals surface area contributed by atoms with Crippen LogP contribution in [0.5, 0.6) is 0 Å². The average molecular weight is 487 g/mol. The SMILES string of the molecule is CNCCC(F)(F)CCc1cnc2c(c1)cc(CCC(C)O)n2-c1ccc(C(N)=NC(C)=O)nc1. The van der Waals surface area contributed by atoms with Crippen molar-refractivity contribution in [3.05, 3.63) is 53.6 Å². The van der Waals surface area contributed by atoms with Gasteiger partial charge in [0.25, 0.3) is 0 Å². The maximum Gasteiger partial charge on any atom is 0.249 e. The molecule has 0 aromatic carbocycles. The quantitative estimate of drug-likeness (QED) is 0.283. The largest absolute Gasteiger partial charge is 0.393 e. The van der Waals surface area contributed by atoms with Gasteiger partial charge in [-0.05, 0) is 63.1 Å². The molecule has 0 fully saturated rings. The van der Waals surface area contributed by atoms with E-state index in [0.29, 0.717) is 24.2 Å². The summed E-state index contributed by atoms with van der Waals surface area (Å²) < 4.78 is 30.1. The fraction of sp³-hybridized carbons (Fsp3) is 0.440. The van der Waals surface area contributed by atoms with E-state index in [1.807, 2.05) is 16.7 Å². The van der Waals surface area contributed by atoms with Gasteiger partial charge >= 0.3 is 0 Å². The Morgan fingerprint density at radius 3 is 2.63 bits per heavy atom. The topological polar surface area (TPSA) is 118 Å². The molecule has 0 aliphatic rings. The summed E-state index contributed by atoms with van der Waals surface area (Å²) in [5.41, 5.74) is 9.24. The third-order valence-corrected chi connectivity index (χ3v) is 5.66. The van der Waals surface area contributed by atoms with Gasteiger partial charge in [0.05, 0.1) is 18.0 Å². The van der Waals surface area contributed by atoms with Gasteiger partial charge in [0.1, 0.15) is 11.3 Å². The normalized spacial score (nSPS) is 13.4. The van der Waals surface area contributed by atoms with E-state index in [-0.39, 0.29) is 31.6 Å². The number of aliphatic hydroxyl groups is 1. The third-order valence-electron chi connectivity index (χ3n) is 5.66. The molecule has 3 rings (SSSR count). The molecule has 1 amide bonds. The number of nitrogens with two attached hydrogens (primary N) is 1. The van der Waals surface area contributed by atoms with Crippen LogP contribution in [0, 0.1) is 0 Å². The van der Waals surface area contributed by atoms with Crippen molar-refractivity contribution in [1.29, 1.82) is 0 Å².